The molecule has 0 saturated heterocycles. The van der Waals surface area contributed by atoms with Gasteiger partial charge < -0.3 is 9.52 Å². The van der Waals surface area contributed by atoms with Crippen molar-refractivity contribution in [2.45, 2.75) is 5.33 Å². The average Bonchev–Trinajstić information content (AvgIpc) is 2.67. The maximum absolute atomic E-state index is 9.53. The highest BCUT2D eigenvalue weighted by Crippen LogP contribution is 2.27. The second-order valence-corrected chi connectivity index (χ2v) is 3.36. The number of benzene rings is 1. The predicted molar refractivity (Wildman–Crippen MR) is 56.2 cm³/mol. The Balaban J connectivity index is 2.44. The van der Waals surface area contributed by atoms with Crippen LogP contribution in [0.25, 0.3) is 11.5 Å². The summed E-state index contributed by atoms with van der Waals surface area (Å²) in [5, 5.41) is 10.2. The van der Waals surface area contributed by atoms with Crippen molar-refractivity contribution in [3.8, 4) is 17.2 Å². The summed E-state index contributed by atoms with van der Waals surface area (Å²) < 4.78 is 5.22. The minimum absolute atomic E-state index is 0.176. The number of nitrogens with zero attached hydrogens (tertiary/aromatic N) is 1. The Bertz CT molecular complexity index is 439. The van der Waals surface area contributed by atoms with Crippen LogP contribution in [0.2, 0.25) is 0 Å². The van der Waals surface area contributed by atoms with Crippen LogP contribution in [0.15, 0.2) is 34.9 Å². The Hall–Kier alpha value is -1.29. The van der Waals surface area contributed by atoms with Gasteiger partial charge in [-0.2, -0.15) is 0 Å². The summed E-state index contributed by atoms with van der Waals surface area (Å²) in [7, 11) is 0. The van der Waals surface area contributed by atoms with Crippen LogP contribution < -0.4 is 0 Å². The van der Waals surface area contributed by atoms with Crippen LogP contribution in [-0.4, -0.2) is 10.1 Å². The molecular weight excluding hydrogens is 246 g/mol. The van der Waals surface area contributed by atoms with E-state index in [9.17, 15) is 5.11 Å². The summed E-state index contributed by atoms with van der Waals surface area (Å²) >= 11 is 3.28. The highest BCUT2D eigenvalue weighted by Gasteiger charge is 2.09. The van der Waals surface area contributed by atoms with E-state index in [1.54, 1.807) is 24.5 Å². The monoisotopic (exact) mass is 253 g/mol. The largest absolute Gasteiger partial charge is 0.507 e. The zero-order chi connectivity index (χ0) is 9.97. The molecule has 1 aromatic carbocycles. The van der Waals surface area contributed by atoms with Crippen LogP contribution in [0.5, 0.6) is 5.75 Å². The lowest BCUT2D eigenvalue weighted by molar-refractivity contribution is 0.473. The zero-order valence-electron chi connectivity index (χ0n) is 7.27. The first-order chi connectivity index (χ1) is 6.81. The number of rotatable bonds is 2. The van der Waals surface area contributed by atoms with E-state index in [1.807, 2.05) is 6.07 Å². The number of oxazole rings is 1. The normalized spacial score (nSPS) is 10.4. The Morgan fingerprint density at radius 3 is 2.79 bits per heavy atom. The molecule has 2 rings (SSSR count). The van der Waals surface area contributed by atoms with Gasteiger partial charge in [-0.3, -0.25) is 0 Å². The Labute approximate surface area is 89.5 Å². The molecule has 0 unspecified atom stereocenters. The van der Waals surface area contributed by atoms with Crippen molar-refractivity contribution in [2.75, 3.05) is 0 Å². The van der Waals surface area contributed by atoms with Gasteiger partial charge in [0.2, 0.25) is 5.89 Å². The van der Waals surface area contributed by atoms with E-state index in [2.05, 4.69) is 20.9 Å². The van der Waals surface area contributed by atoms with Crippen molar-refractivity contribution < 1.29 is 9.52 Å². The van der Waals surface area contributed by atoms with Crippen LogP contribution >= 0.6 is 15.9 Å². The first-order valence-corrected chi connectivity index (χ1v) is 5.22. The number of aromatic nitrogens is 1. The third-order valence-corrected chi connectivity index (χ3v) is 2.40. The number of halogens is 1. The summed E-state index contributed by atoms with van der Waals surface area (Å²) in [5.74, 6) is 0.619. The standard InChI is InChI=1S/C10H8BrNO2/c11-5-7-6-14-10(12-7)8-3-1-2-4-9(8)13/h1-4,6,13H,5H2. The van der Waals surface area contributed by atoms with Gasteiger partial charge in [0.25, 0.3) is 0 Å². The second kappa shape index (κ2) is 3.84. The minimum Gasteiger partial charge on any atom is -0.507 e. The van der Waals surface area contributed by atoms with E-state index >= 15 is 0 Å². The molecule has 2 aromatic rings. The third-order valence-electron chi connectivity index (χ3n) is 1.82. The Morgan fingerprint density at radius 1 is 1.36 bits per heavy atom. The molecule has 0 spiro atoms. The van der Waals surface area contributed by atoms with Gasteiger partial charge in [0, 0.05) is 5.33 Å². The van der Waals surface area contributed by atoms with Crippen LogP contribution in [0.1, 0.15) is 5.69 Å². The van der Waals surface area contributed by atoms with Gasteiger partial charge in [-0.25, -0.2) is 4.98 Å². The summed E-state index contributed by atoms with van der Waals surface area (Å²) in [6, 6.07) is 6.95. The molecule has 0 radical (unpaired) electrons. The molecule has 3 nitrogen and oxygen atoms in total. The van der Waals surface area contributed by atoms with Crippen LogP contribution in [0, 0.1) is 0 Å². The molecule has 0 aliphatic rings. The molecule has 0 saturated carbocycles. The topological polar surface area (TPSA) is 46.3 Å². The minimum atomic E-state index is 0.176. The number of hydrogen-bond donors (Lipinski definition) is 1. The number of phenolic OH excluding ortho intramolecular Hbond substituents is 1. The van der Waals surface area contributed by atoms with Crippen molar-refractivity contribution in [2.24, 2.45) is 0 Å². The lowest BCUT2D eigenvalue weighted by atomic mass is 10.2. The quantitative estimate of drug-likeness (QED) is 0.838. The van der Waals surface area contributed by atoms with Crippen molar-refractivity contribution in [1.82, 2.24) is 4.98 Å². The number of alkyl halides is 1. The molecular formula is C10H8BrNO2. The summed E-state index contributed by atoms with van der Waals surface area (Å²) in [5.41, 5.74) is 1.42. The van der Waals surface area contributed by atoms with Gasteiger partial charge in [0.1, 0.15) is 12.0 Å². The zero-order valence-corrected chi connectivity index (χ0v) is 8.86. The number of aromatic hydroxyl groups is 1. The number of para-hydroxylation sites is 1. The fourth-order valence-electron chi connectivity index (χ4n) is 1.15. The highest BCUT2D eigenvalue weighted by molar-refractivity contribution is 9.08. The van der Waals surface area contributed by atoms with E-state index < -0.39 is 0 Å². The third kappa shape index (κ3) is 1.65. The molecule has 0 bridgehead atoms. The van der Waals surface area contributed by atoms with Gasteiger partial charge in [-0.1, -0.05) is 28.1 Å². The Morgan fingerprint density at radius 2 is 2.14 bits per heavy atom. The molecule has 14 heavy (non-hydrogen) atoms. The van der Waals surface area contributed by atoms with Crippen molar-refractivity contribution in [3.05, 3.63) is 36.2 Å². The maximum Gasteiger partial charge on any atom is 0.229 e. The van der Waals surface area contributed by atoms with Gasteiger partial charge in [-0.15, -0.1) is 0 Å². The molecule has 0 aliphatic carbocycles. The van der Waals surface area contributed by atoms with Gasteiger partial charge in [0.05, 0.1) is 11.3 Å². The maximum atomic E-state index is 9.53. The molecule has 0 atom stereocenters. The van der Waals surface area contributed by atoms with Crippen molar-refractivity contribution in [1.29, 1.82) is 0 Å². The molecule has 1 N–H and O–H groups in total. The molecule has 1 aromatic heterocycles. The first kappa shape index (κ1) is 9.27. The summed E-state index contributed by atoms with van der Waals surface area (Å²) in [6.07, 6.45) is 1.57. The molecule has 4 heteroatoms. The molecule has 0 amide bonds. The molecule has 72 valence electrons. The van der Waals surface area contributed by atoms with Crippen LogP contribution in [0.4, 0.5) is 0 Å². The number of hydrogen-bond acceptors (Lipinski definition) is 3. The van der Waals surface area contributed by atoms with Gasteiger partial charge >= 0.3 is 0 Å². The predicted octanol–water partition coefficient (Wildman–Crippen LogP) is 2.94. The fraction of sp³-hybridized carbons (Fsp3) is 0.100. The van der Waals surface area contributed by atoms with Gasteiger partial charge in [-0.05, 0) is 12.1 Å². The molecule has 0 aliphatic heterocycles. The average molecular weight is 254 g/mol. The van der Waals surface area contributed by atoms with E-state index in [4.69, 9.17) is 4.42 Å². The van der Waals surface area contributed by atoms with E-state index in [1.165, 1.54) is 0 Å². The van der Waals surface area contributed by atoms with Gasteiger partial charge in [0.15, 0.2) is 0 Å². The second-order valence-electron chi connectivity index (χ2n) is 2.79. The highest BCUT2D eigenvalue weighted by atomic mass is 79.9. The SMILES string of the molecule is Oc1ccccc1-c1nc(CBr)co1. The smallest absolute Gasteiger partial charge is 0.229 e. The van der Waals surface area contributed by atoms with Crippen LogP contribution in [-0.2, 0) is 5.33 Å². The lowest BCUT2D eigenvalue weighted by Gasteiger charge is -1.97. The summed E-state index contributed by atoms with van der Waals surface area (Å²) in [4.78, 5) is 4.19. The van der Waals surface area contributed by atoms with Crippen LogP contribution in [0.3, 0.4) is 0 Å². The molecule has 0 fully saturated rings. The first-order valence-electron chi connectivity index (χ1n) is 4.10. The lowest BCUT2D eigenvalue weighted by Crippen LogP contribution is -1.80. The van der Waals surface area contributed by atoms with E-state index in [-0.39, 0.29) is 5.75 Å². The fourth-order valence-corrected chi connectivity index (χ4v) is 1.40. The summed E-state index contributed by atoms with van der Waals surface area (Å²) in [6.45, 7) is 0. The van der Waals surface area contributed by atoms with E-state index in [0.717, 1.165) is 5.69 Å². The van der Waals surface area contributed by atoms with Crippen molar-refractivity contribution in [3.63, 3.8) is 0 Å². The van der Waals surface area contributed by atoms with E-state index in [0.29, 0.717) is 16.8 Å². The van der Waals surface area contributed by atoms with Crippen molar-refractivity contribution >= 4 is 15.9 Å². The number of phenols is 1. The Kier molecular flexibility index (Phi) is 2.54. The molecule has 1 heterocycles.